The van der Waals surface area contributed by atoms with Gasteiger partial charge in [-0.2, -0.15) is 14.5 Å². The highest BCUT2D eigenvalue weighted by molar-refractivity contribution is 7.89. The highest BCUT2D eigenvalue weighted by Gasteiger charge is 2.31. The maximum atomic E-state index is 13.6. The van der Waals surface area contributed by atoms with Gasteiger partial charge in [0.25, 0.3) is 0 Å². The summed E-state index contributed by atoms with van der Waals surface area (Å²) in [6.45, 7) is 4.00. The largest absolute Gasteiger partial charge is 0.493 e. The fourth-order valence-electron chi connectivity index (χ4n) is 3.59. The molecule has 0 saturated carbocycles. The standard InChI is InChI=1S/C21H29N5O4S/c1-15-21(16(2)25(4)23-15)31(27,28)26(14-18-12-22-24(3)13-18)10-9-17-7-8-19(29-5)20(11-17)30-6/h7-8,11-13H,9-10,14H2,1-6H3. The minimum absolute atomic E-state index is 0.219. The summed E-state index contributed by atoms with van der Waals surface area (Å²) in [7, 11) is 2.94. The van der Waals surface area contributed by atoms with Crippen LogP contribution in [-0.4, -0.2) is 53.0 Å². The molecule has 0 aliphatic carbocycles. The number of ether oxygens (including phenoxy) is 2. The van der Waals surface area contributed by atoms with Crippen LogP contribution in [0.3, 0.4) is 0 Å². The molecule has 3 aromatic rings. The van der Waals surface area contributed by atoms with Gasteiger partial charge in [0.2, 0.25) is 10.0 Å². The van der Waals surface area contributed by atoms with E-state index in [1.165, 1.54) is 4.31 Å². The third-order valence-electron chi connectivity index (χ3n) is 5.26. The molecule has 0 spiro atoms. The van der Waals surface area contributed by atoms with E-state index in [1.807, 2.05) is 24.4 Å². The van der Waals surface area contributed by atoms with E-state index in [0.29, 0.717) is 35.9 Å². The minimum Gasteiger partial charge on any atom is -0.493 e. The van der Waals surface area contributed by atoms with Crippen LogP contribution in [0.2, 0.25) is 0 Å². The van der Waals surface area contributed by atoms with Crippen molar-refractivity contribution in [2.45, 2.75) is 31.7 Å². The highest BCUT2D eigenvalue weighted by atomic mass is 32.2. The number of benzene rings is 1. The second-order valence-electron chi connectivity index (χ2n) is 7.42. The normalized spacial score (nSPS) is 11.8. The molecule has 0 radical (unpaired) electrons. The SMILES string of the molecule is COc1ccc(CCN(Cc2cnn(C)c2)S(=O)(=O)c2c(C)nn(C)c2C)cc1OC. The Hall–Kier alpha value is -2.85. The van der Waals surface area contributed by atoms with Gasteiger partial charge in [0.15, 0.2) is 11.5 Å². The zero-order chi connectivity index (χ0) is 22.8. The molecule has 0 bridgehead atoms. The van der Waals surface area contributed by atoms with Crippen LogP contribution >= 0.6 is 0 Å². The molecule has 0 N–H and O–H groups in total. The molecule has 9 nitrogen and oxygen atoms in total. The van der Waals surface area contributed by atoms with Gasteiger partial charge < -0.3 is 9.47 Å². The second kappa shape index (κ2) is 9.11. The van der Waals surface area contributed by atoms with Gasteiger partial charge in [0, 0.05) is 38.9 Å². The Bertz CT molecular complexity index is 1170. The smallest absolute Gasteiger partial charge is 0.247 e. The fourth-order valence-corrected chi connectivity index (χ4v) is 5.42. The van der Waals surface area contributed by atoms with Gasteiger partial charge in [-0.05, 0) is 38.0 Å². The van der Waals surface area contributed by atoms with E-state index in [1.54, 1.807) is 57.7 Å². The maximum absolute atomic E-state index is 13.6. The average Bonchev–Trinajstić information content (AvgIpc) is 3.26. The molecule has 2 aromatic heterocycles. The molecule has 2 heterocycles. The number of methoxy groups -OCH3 is 2. The summed E-state index contributed by atoms with van der Waals surface area (Å²) in [5.41, 5.74) is 2.86. The Morgan fingerprint density at radius 3 is 2.32 bits per heavy atom. The lowest BCUT2D eigenvalue weighted by Crippen LogP contribution is -2.33. The minimum atomic E-state index is -3.77. The quantitative estimate of drug-likeness (QED) is 0.500. The maximum Gasteiger partial charge on any atom is 0.247 e. The lowest BCUT2D eigenvalue weighted by Gasteiger charge is -2.22. The number of aromatic nitrogens is 4. The van der Waals surface area contributed by atoms with Crippen LogP contribution in [0.15, 0.2) is 35.5 Å². The molecule has 0 saturated heterocycles. The number of hydrogen-bond acceptors (Lipinski definition) is 6. The predicted octanol–water partition coefficient (Wildman–Crippen LogP) is 2.22. The van der Waals surface area contributed by atoms with E-state index in [4.69, 9.17) is 9.47 Å². The number of nitrogens with zero attached hydrogens (tertiary/aromatic N) is 5. The molecular weight excluding hydrogens is 418 g/mol. The van der Waals surface area contributed by atoms with Crippen molar-refractivity contribution < 1.29 is 17.9 Å². The van der Waals surface area contributed by atoms with Gasteiger partial charge >= 0.3 is 0 Å². The lowest BCUT2D eigenvalue weighted by atomic mass is 10.1. The summed E-state index contributed by atoms with van der Waals surface area (Å²) >= 11 is 0. The fraction of sp³-hybridized carbons (Fsp3) is 0.429. The zero-order valence-corrected chi connectivity index (χ0v) is 19.6. The predicted molar refractivity (Wildman–Crippen MR) is 117 cm³/mol. The molecule has 0 atom stereocenters. The Morgan fingerprint density at radius 1 is 1.06 bits per heavy atom. The van der Waals surface area contributed by atoms with E-state index in [9.17, 15) is 8.42 Å². The first-order chi connectivity index (χ1) is 14.7. The molecule has 3 rings (SSSR count). The molecule has 31 heavy (non-hydrogen) atoms. The zero-order valence-electron chi connectivity index (χ0n) is 18.8. The lowest BCUT2D eigenvalue weighted by molar-refractivity contribution is 0.354. The van der Waals surface area contributed by atoms with Gasteiger partial charge in [-0.3, -0.25) is 9.36 Å². The molecule has 0 aliphatic heterocycles. The average molecular weight is 448 g/mol. The van der Waals surface area contributed by atoms with Gasteiger partial charge in [-0.1, -0.05) is 6.07 Å². The van der Waals surface area contributed by atoms with Gasteiger partial charge in [-0.15, -0.1) is 0 Å². The van der Waals surface area contributed by atoms with Crippen molar-refractivity contribution in [3.63, 3.8) is 0 Å². The summed E-state index contributed by atoms with van der Waals surface area (Å²) in [5.74, 6) is 1.24. The molecule has 0 amide bonds. The van der Waals surface area contributed by atoms with Crippen LogP contribution in [0.25, 0.3) is 0 Å². The molecule has 168 valence electrons. The van der Waals surface area contributed by atoms with Gasteiger partial charge in [-0.25, -0.2) is 8.42 Å². The monoisotopic (exact) mass is 447 g/mol. The first kappa shape index (κ1) is 22.8. The summed E-state index contributed by atoms with van der Waals surface area (Å²) in [5, 5.41) is 8.47. The van der Waals surface area contributed by atoms with Crippen molar-refractivity contribution in [1.82, 2.24) is 23.9 Å². The van der Waals surface area contributed by atoms with E-state index in [0.717, 1.165) is 11.1 Å². The van der Waals surface area contributed by atoms with Crippen LogP contribution < -0.4 is 9.47 Å². The van der Waals surface area contributed by atoms with Gasteiger partial charge in [0.05, 0.1) is 31.8 Å². The van der Waals surface area contributed by atoms with Crippen molar-refractivity contribution in [3.05, 3.63) is 53.1 Å². The summed E-state index contributed by atoms with van der Waals surface area (Å²) in [4.78, 5) is 0.256. The molecular formula is C21H29N5O4S. The number of rotatable bonds is 9. The molecule has 0 aliphatic rings. The topological polar surface area (TPSA) is 91.5 Å². The third-order valence-corrected chi connectivity index (χ3v) is 7.35. The van der Waals surface area contributed by atoms with E-state index >= 15 is 0 Å². The number of sulfonamides is 1. The first-order valence-corrected chi connectivity index (χ1v) is 11.3. The Labute approximate surface area is 183 Å². The van der Waals surface area contributed by atoms with E-state index in [2.05, 4.69) is 10.2 Å². The Kier molecular flexibility index (Phi) is 6.71. The van der Waals surface area contributed by atoms with E-state index < -0.39 is 10.0 Å². The summed E-state index contributed by atoms with van der Waals surface area (Å²) in [6, 6.07) is 5.61. The molecule has 0 fully saturated rings. The van der Waals surface area contributed by atoms with Gasteiger partial charge in [0.1, 0.15) is 4.90 Å². The molecule has 10 heteroatoms. The van der Waals surface area contributed by atoms with Crippen molar-refractivity contribution in [3.8, 4) is 11.5 Å². The number of hydrogen-bond donors (Lipinski definition) is 0. The van der Waals surface area contributed by atoms with Crippen LogP contribution in [0.1, 0.15) is 22.5 Å². The summed E-state index contributed by atoms with van der Waals surface area (Å²) in [6.07, 6.45) is 4.02. The van der Waals surface area contributed by atoms with Crippen LogP contribution in [-0.2, 0) is 37.1 Å². The van der Waals surface area contributed by atoms with Crippen LogP contribution in [0.5, 0.6) is 11.5 Å². The number of aryl methyl sites for hydroxylation is 3. The molecule has 0 unspecified atom stereocenters. The Morgan fingerprint density at radius 2 is 1.77 bits per heavy atom. The Balaban J connectivity index is 1.93. The second-order valence-corrected chi connectivity index (χ2v) is 9.30. The van der Waals surface area contributed by atoms with Crippen molar-refractivity contribution >= 4 is 10.0 Å². The molecule has 1 aromatic carbocycles. The summed E-state index contributed by atoms with van der Waals surface area (Å²) < 4.78 is 42.7. The highest BCUT2D eigenvalue weighted by Crippen LogP contribution is 2.29. The van der Waals surface area contributed by atoms with Crippen LogP contribution in [0.4, 0.5) is 0 Å². The first-order valence-electron chi connectivity index (χ1n) is 9.86. The third kappa shape index (κ3) is 4.75. The van der Waals surface area contributed by atoms with Crippen LogP contribution in [0, 0.1) is 13.8 Å². The van der Waals surface area contributed by atoms with E-state index in [-0.39, 0.29) is 11.4 Å². The van der Waals surface area contributed by atoms with Crippen molar-refractivity contribution in [2.24, 2.45) is 14.1 Å². The van der Waals surface area contributed by atoms with Crippen molar-refractivity contribution in [2.75, 3.05) is 20.8 Å². The van der Waals surface area contributed by atoms with Crippen molar-refractivity contribution in [1.29, 1.82) is 0 Å².